The third kappa shape index (κ3) is 4.22. The number of para-hydroxylation sites is 2. The molecule has 1 amide bonds. The first-order valence-corrected chi connectivity index (χ1v) is 11.4. The monoisotopic (exact) mass is 456 g/mol. The van der Waals surface area contributed by atoms with E-state index in [9.17, 15) is 4.79 Å². The van der Waals surface area contributed by atoms with Gasteiger partial charge in [-0.2, -0.15) is 0 Å². The number of benzene rings is 3. The maximum atomic E-state index is 13.5. The third-order valence-electron chi connectivity index (χ3n) is 6.34. The normalized spacial score (nSPS) is 17.2. The molecule has 0 radical (unpaired) electrons. The van der Waals surface area contributed by atoms with Gasteiger partial charge in [0.05, 0.1) is 32.3 Å². The molecule has 0 spiro atoms. The standard InChI is InChI=1S/C27H28N4O3/c1-33-24-13-12-20(18-25(24)34-2)28-26-22-10-6-7-11-23(22)31(27(26)32)19-29-14-16-30(17-15-29)21-8-4-3-5-9-21/h3-13,18H,14-17,19H2,1-2H3. The lowest BCUT2D eigenvalue weighted by atomic mass is 10.1. The minimum Gasteiger partial charge on any atom is -0.493 e. The summed E-state index contributed by atoms with van der Waals surface area (Å²) in [5.74, 6) is 1.12. The third-order valence-corrected chi connectivity index (χ3v) is 6.34. The maximum Gasteiger partial charge on any atom is 0.278 e. The van der Waals surface area contributed by atoms with E-state index in [1.54, 1.807) is 26.4 Å². The van der Waals surface area contributed by atoms with Gasteiger partial charge in [0.15, 0.2) is 11.5 Å². The molecule has 5 rings (SSSR count). The molecule has 2 heterocycles. The van der Waals surface area contributed by atoms with Crippen molar-refractivity contribution < 1.29 is 14.3 Å². The van der Waals surface area contributed by atoms with Crippen LogP contribution in [0.15, 0.2) is 77.8 Å². The van der Waals surface area contributed by atoms with Crippen molar-refractivity contribution in [2.45, 2.75) is 0 Å². The summed E-state index contributed by atoms with van der Waals surface area (Å²) in [4.78, 5) is 24.8. The van der Waals surface area contributed by atoms with Crippen LogP contribution >= 0.6 is 0 Å². The number of carbonyl (C=O) groups excluding carboxylic acids is 1. The molecule has 0 unspecified atom stereocenters. The zero-order valence-corrected chi connectivity index (χ0v) is 19.5. The molecular formula is C27H28N4O3. The van der Waals surface area contributed by atoms with Gasteiger partial charge < -0.3 is 14.4 Å². The summed E-state index contributed by atoms with van der Waals surface area (Å²) >= 11 is 0. The quantitative estimate of drug-likeness (QED) is 0.562. The Bertz CT molecular complexity index is 1200. The minimum absolute atomic E-state index is 0.0820. The van der Waals surface area contributed by atoms with E-state index in [0.717, 1.165) is 37.4 Å². The highest BCUT2D eigenvalue weighted by Gasteiger charge is 2.35. The first kappa shape index (κ1) is 22.0. The Kier molecular flexibility index (Phi) is 6.18. The van der Waals surface area contributed by atoms with E-state index < -0.39 is 0 Å². The Morgan fingerprint density at radius 2 is 1.53 bits per heavy atom. The van der Waals surface area contributed by atoms with E-state index in [0.29, 0.717) is 29.6 Å². The molecule has 0 aliphatic carbocycles. The van der Waals surface area contributed by atoms with Crippen molar-refractivity contribution in [1.29, 1.82) is 0 Å². The number of ether oxygens (including phenoxy) is 2. The van der Waals surface area contributed by atoms with Gasteiger partial charge in [-0.25, -0.2) is 4.99 Å². The number of amides is 1. The number of fused-ring (bicyclic) bond motifs is 1. The van der Waals surface area contributed by atoms with Crippen LogP contribution < -0.4 is 19.3 Å². The first-order chi connectivity index (χ1) is 16.7. The summed E-state index contributed by atoms with van der Waals surface area (Å²) in [5, 5.41) is 0. The summed E-state index contributed by atoms with van der Waals surface area (Å²) in [6.45, 7) is 4.19. The zero-order valence-electron chi connectivity index (χ0n) is 19.5. The van der Waals surface area contributed by atoms with E-state index >= 15 is 0 Å². The minimum atomic E-state index is -0.0820. The highest BCUT2D eigenvalue weighted by molar-refractivity contribution is 6.54. The van der Waals surface area contributed by atoms with Gasteiger partial charge in [0.1, 0.15) is 5.71 Å². The number of aliphatic imine (C=N–C) groups is 1. The predicted octanol–water partition coefficient (Wildman–Crippen LogP) is 3.95. The molecule has 0 aromatic heterocycles. The van der Waals surface area contributed by atoms with Gasteiger partial charge in [-0.15, -0.1) is 0 Å². The summed E-state index contributed by atoms with van der Waals surface area (Å²) in [7, 11) is 3.18. The number of piperazine rings is 1. The molecule has 0 atom stereocenters. The van der Waals surface area contributed by atoms with E-state index in [-0.39, 0.29) is 5.91 Å². The lowest BCUT2D eigenvalue weighted by Crippen LogP contribution is -2.51. The van der Waals surface area contributed by atoms with Crippen LogP contribution in [0.25, 0.3) is 0 Å². The molecule has 1 saturated heterocycles. The van der Waals surface area contributed by atoms with Crippen LogP contribution in [-0.2, 0) is 4.79 Å². The van der Waals surface area contributed by atoms with E-state index in [2.05, 4.69) is 34.1 Å². The SMILES string of the molecule is COc1ccc(N=C2C(=O)N(CN3CCN(c4ccccc4)CC3)c3ccccc32)cc1OC. The number of hydrogen-bond donors (Lipinski definition) is 0. The Labute approximate surface area is 199 Å². The Morgan fingerprint density at radius 3 is 2.26 bits per heavy atom. The molecule has 34 heavy (non-hydrogen) atoms. The van der Waals surface area contributed by atoms with Gasteiger partial charge in [-0.05, 0) is 30.3 Å². The molecule has 174 valence electrons. The van der Waals surface area contributed by atoms with Gasteiger partial charge in [0, 0.05) is 43.5 Å². The second kappa shape index (κ2) is 9.57. The number of methoxy groups -OCH3 is 2. The Hall–Kier alpha value is -3.84. The van der Waals surface area contributed by atoms with Crippen molar-refractivity contribution in [3.8, 4) is 11.5 Å². The average Bonchev–Trinajstić information content (AvgIpc) is 3.15. The fourth-order valence-corrected chi connectivity index (χ4v) is 4.52. The maximum absolute atomic E-state index is 13.5. The second-order valence-corrected chi connectivity index (χ2v) is 8.33. The number of carbonyl (C=O) groups is 1. The lowest BCUT2D eigenvalue weighted by Gasteiger charge is -2.37. The molecule has 2 aliphatic heterocycles. The number of nitrogens with zero attached hydrogens (tertiary/aromatic N) is 4. The number of anilines is 2. The van der Waals surface area contributed by atoms with Crippen LogP contribution in [0.2, 0.25) is 0 Å². The highest BCUT2D eigenvalue weighted by atomic mass is 16.5. The second-order valence-electron chi connectivity index (χ2n) is 8.33. The zero-order chi connectivity index (χ0) is 23.5. The van der Waals surface area contributed by atoms with E-state index in [1.807, 2.05) is 41.3 Å². The van der Waals surface area contributed by atoms with E-state index in [4.69, 9.17) is 14.5 Å². The number of hydrogen-bond acceptors (Lipinski definition) is 6. The first-order valence-electron chi connectivity index (χ1n) is 11.4. The highest BCUT2D eigenvalue weighted by Crippen LogP contribution is 2.34. The molecule has 0 saturated carbocycles. The van der Waals surface area contributed by atoms with Gasteiger partial charge in [0.25, 0.3) is 5.91 Å². The molecule has 0 N–H and O–H groups in total. The molecule has 1 fully saturated rings. The van der Waals surface area contributed by atoms with Crippen molar-refractivity contribution in [2.75, 3.05) is 56.9 Å². The van der Waals surface area contributed by atoms with Crippen LogP contribution in [0.4, 0.5) is 17.1 Å². The van der Waals surface area contributed by atoms with Crippen LogP contribution in [0, 0.1) is 0 Å². The predicted molar refractivity (Wildman–Crippen MR) is 135 cm³/mol. The Balaban J connectivity index is 1.35. The molecule has 3 aromatic rings. The summed E-state index contributed by atoms with van der Waals surface area (Å²) in [6.07, 6.45) is 0. The van der Waals surface area contributed by atoms with Gasteiger partial charge >= 0.3 is 0 Å². The van der Waals surface area contributed by atoms with Crippen LogP contribution in [-0.4, -0.2) is 63.6 Å². The summed E-state index contributed by atoms with van der Waals surface area (Å²) in [6, 6.07) is 23.7. The fourth-order valence-electron chi connectivity index (χ4n) is 4.52. The Morgan fingerprint density at radius 1 is 0.824 bits per heavy atom. The van der Waals surface area contributed by atoms with Crippen LogP contribution in [0.1, 0.15) is 5.56 Å². The lowest BCUT2D eigenvalue weighted by molar-refractivity contribution is -0.112. The molecule has 7 nitrogen and oxygen atoms in total. The van der Waals surface area contributed by atoms with Crippen molar-refractivity contribution in [1.82, 2.24) is 4.90 Å². The van der Waals surface area contributed by atoms with Gasteiger partial charge in [-0.3, -0.25) is 14.6 Å². The van der Waals surface area contributed by atoms with Crippen LogP contribution in [0.5, 0.6) is 11.5 Å². The van der Waals surface area contributed by atoms with Gasteiger partial charge in [-0.1, -0.05) is 36.4 Å². The topological polar surface area (TPSA) is 57.6 Å². The summed E-state index contributed by atoms with van der Waals surface area (Å²) < 4.78 is 10.7. The number of rotatable bonds is 6. The van der Waals surface area contributed by atoms with E-state index in [1.165, 1.54) is 5.69 Å². The smallest absolute Gasteiger partial charge is 0.278 e. The van der Waals surface area contributed by atoms with Crippen molar-refractivity contribution in [3.05, 3.63) is 78.4 Å². The fraction of sp³-hybridized carbons (Fsp3) is 0.259. The molecule has 0 bridgehead atoms. The molecular weight excluding hydrogens is 428 g/mol. The van der Waals surface area contributed by atoms with Crippen molar-refractivity contribution >= 4 is 28.7 Å². The summed E-state index contributed by atoms with van der Waals surface area (Å²) in [5.41, 5.74) is 4.09. The largest absolute Gasteiger partial charge is 0.493 e. The molecule has 2 aliphatic rings. The van der Waals surface area contributed by atoms with Gasteiger partial charge in [0.2, 0.25) is 0 Å². The molecule has 7 heteroatoms. The van der Waals surface area contributed by atoms with Crippen molar-refractivity contribution in [3.63, 3.8) is 0 Å². The van der Waals surface area contributed by atoms with Crippen LogP contribution in [0.3, 0.4) is 0 Å². The van der Waals surface area contributed by atoms with Crippen molar-refractivity contribution in [2.24, 2.45) is 4.99 Å². The molecule has 3 aromatic carbocycles. The average molecular weight is 457 g/mol.